The highest BCUT2D eigenvalue weighted by Crippen LogP contribution is 2.24. The van der Waals surface area contributed by atoms with E-state index in [2.05, 4.69) is 15.0 Å². The van der Waals surface area contributed by atoms with Crippen LogP contribution in [0, 0.1) is 0 Å². The number of benzene rings is 3. The van der Waals surface area contributed by atoms with Gasteiger partial charge in [0.2, 0.25) is 0 Å². The van der Waals surface area contributed by atoms with Crippen LogP contribution >= 0.6 is 0 Å². The third-order valence-electron chi connectivity index (χ3n) is 6.44. The number of urea groups is 1. The topological polar surface area (TPSA) is 121 Å². The lowest BCUT2D eigenvalue weighted by molar-refractivity contribution is 0.0671. The minimum Gasteiger partial charge on any atom is -0.497 e. The van der Waals surface area contributed by atoms with Crippen LogP contribution in [0.3, 0.4) is 0 Å². The normalized spacial score (nSPS) is 13.7. The summed E-state index contributed by atoms with van der Waals surface area (Å²) < 4.78 is 33.8. The minimum absolute atomic E-state index is 0.0778. The van der Waals surface area contributed by atoms with Crippen LogP contribution in [-0.4, -0.2) is 68.4 Å². The van der Waals surface area contributed by atoms with Gasteiger partial charge in [0.15, 0.2) is 0 Å². The van der Waals surface area contributed by atoms with Gasteiger partial charge in [0.25, 0.3) is 15.9 Å². The number of nitrogens with zero attached hydrogens (tertiary/aromatic N) is 3. The molecule has 0 unspecified atom stereocenters. The molecular weight excluding hydrogens is 518 g/mol. The number of hydrogen-bond acceptors (Lipinski definition) is 6. The molecule has 2 N–H and O–H groups in total. The van der Waals surface area contributed by atoms with E-state index in [1.54, 1.807) is 95.9 Å². The molecular formula is C28H27N5O5S. The molecule has 1 saturated heterocycles. The number of rotatable bonds is 6. The second kappa shape index (κ2) is 11.0. The monoisotopic (exact) mass is 545 g/mol. The predicted molar refractivity (Wildman–Crippen MR) is 148 cm³/mol. The number of amides is 3. The summed E-state index contributed by atoms with van der Waals surface area (Å²) in [5, 5.41) is 3.57. The van der Waals surface area contributed by atoms with Gasteiger partial charge in [-0.2, -0.15) is 0 Å². The predicted octanol–water partition coefficient (Wildman–Crippen LogP) is 4.03. The van der Waals surface area contributed by atoms with Gasteiger partial charge in [0, 0.05) is 60.8 Å². The summed E-state index contributed by atoms with van der Waals surface area (Å²) in [6.45, 7) is 1.54. The van der Waals surface area contributed by atoms with Crippen molar-refractivity contribution in [1.29, 1.82) is 0 Å². The Bertz CT molecular complexity index is 1610. The van der Waals surface area contributed by atoms with Gasteiger partial charge in [-0.3, -0.25) is 14.5 Å². The maximum atomic E-state index is 13.0. The molecule has 1 fully saturated rings. The van der Waals surface area contributed by atoms with Gasteiger partial charge < -0.3 is 19.9 Å². The molecule has 10 nitrogen and oxygen atoms in total. The largest absolute Gasteiger partial charge is 0.497 e. The SMILES string of the molecule is COc1cccc(NC(=O)N2CCN(C(=O)c3ccc(NS(=O)(=O)c4cccc5cccnc45)cc3)CC2)c1. The number of nitrogens with one attached hydrogen (secondary N) is 2. The van der Waals surface area contributed by atoms with E-state index in [1.165, 1.54) is 6.07 Å². The van der Waals surface area contributed by atoms with Crippen LogP contribution in [0.4, 0.5) is 16.2 Å². The Labute approximate surface area is 226 Å². The zero-order valence-corrected chi connectivity index (χ0v) is 22.0. The summed E-state index contributed by atoms with van der Waals surface area (Å²) >= 11 is 0. The number of anilines is 2. The summed E-state index contributed by atoms with van der Waals surface area (Å²) in [6, 6.07) is 21.7. The van der Waals surface area contributed by atoms with Gasteiger partial charge >= 0.3 is 6.03 Å². The summed E-state index contributed by atoms with van der Waals surface area (Å²) in [4.78, 5) is 33.3. The Balaban J connectivity index is 1.19. The number of ether oxygens (including phenoxy) is 1. The van der Waals surface area contributed by atoms with Crippen molar-refractivity contribution < 1.29 is 22.7 Å². The highest BCUT2D eigenvalue weighted by Gasteiger charge is 2.25. The number of methoxy groups -OCH3 is 1. The molecule has 4 aromatic rings. The quantitative estimate of drug-likeness (QED) is 0.377. The summed E-state index contributed by atoms with van der Waals surface area (Å²) in [5.41, 5.74) is 1.78. The zero-order valence-electron chi connectivity index (χ0n) is 21.2. The molecule has 1 aliphatic rings. The van der Waals surface area contributed by atoms with Crippen LogP contribution in [0.25, 0.3) is 10.9 Å². The standard InChI is InChI=1S/C28H27N5O5S/c1-38-24-8-3-7-23(19-24)30-28(35)33-17-15-32(16-18-33)27(34)21-10-12-22(13-11-21)31-39(36,37)25-9-2-5-20-6-4-14-29-26(20)25/h2-14,19,31H,15-18H2,1H3,(H,30,35). The molecule has 0 bridgehead atoms. The van der Waals surface area contributed by atoms with Crippen molar-refractivity contribution in [1.82, 2.24) is 14.8 Å². The van der Waals surface area contributed by atoms with Gasteiger partial charge in [-0.1, -0.05) is 24.3 Å². The van der Waals surface area contributed by atoms with E-state index in [1.807, 2.05) is 0 Å². The van der Waals surface area contributed by atoms with Gasteiger partial charge in [0.1, 0.15) is 10.6 Å². The lowest BCUT2D eigenvalue weighted by Gasteiger charge is -2.34. The molecule has 11 heteroatoms. The second-order valence-electron chi connectivity index (χ2n) is 8.96. The van der Waals surface area contributed by atoms with Crippen molar-refractivity contribution in [3.63, 3.8) is 0 Å². The number of pyridine rings is 1. The average Bonchev–Trinajstić information content (AvgIpc) is 2.97. The fourth-order valence-corrected chi connectivity index (χ4v) is 5.62. The molecule has 39 heavy (non-hydrogen) atoms. The van der Waals surface area contributed by atoms with Gasteiger partial charge in [0.05, 0.1) is 12.6 Å². The van der Waals surface area contributed by atoms with E-state index in [9.17, 15) is 18.0 Å². The van der Waals surface area contributed by atoms with Crippen molar-refractivity contribution in [2.75, 3.05) is 43.3 Å². The van der Waals surface area contributed by atoms with Crippen LogP contribution in [0.15, 0.2) is 90.0 Å². The van der Waals surface area contributed by atoms with Crippen molar-refractivity contribution in [2.45, 2.75) is 4.90 Å². The van der Waals surface area contributed by atoms with Gasteiger partial charge in [-0.25, -0.2) is 13.2 Å². The number of piperazine rings is 1. The lowest BCUT2D eigenvalue weighted by Crippen LogP contribution is -2.51. The highest BCUT2D eigenvalue weighted by molar-refractivity contribution is 7.93. The van der Waals surface area contributed by atoms with E-state index in [-0.39, 0.29) is 16.8 Å². The molecule has 1 aromatic heterocycles. The van der Waals surface area contributed by atoms with E-state index in [4.69, 9.17) is 4.74 Å². The maximum Gasteiger partial charge on any atom is 0.321 e. The number of fused-ring (bicyclic) bond motifs is 1. The summed E-state index contributed by atoms with van der Waals surface area (Å²) in [5.74, 6) is 0.461. The van der Waals surface area contributed by atoms with Crippen LogP contribution in [0.2, 0.25) is 0 Å². The molecule has 200 valence electrons. The number of carbonyl (C=O) groups is 2. The Morgan fingerprint density at radius 2 is 1.54 bits per heavy atom. The van der Waals surface area contributed by atoms with Crippen LogP contribution in [0.5, 0.6) is 5.75 Å². The second-order valence-corrected chi connectivity index (χ2v) is 10.6. The van der Waals surface area contributed by atoms with Crippen molar-refractivity contribution in [3.8, 4) is 5.75 Å². The van der Waals surface area contributed by atoms with Crippen LogP contribution in [0.1, 0.15) is 10.4 Å². The van der Waals surface area contributed by atoms with E-state index >= 15 is 0 Å². The fraction of sp³-hybridized carbons (Fsp3) is 0.179. The summed E-state index contributed by atoms with van der Waals surface area (Å²) in [6.07, 6.45) is 1.55. The van der Waals surface area contributed by atoms with Gasteiger partial charge in [-0.05, 0) is 48.5 Å². The van der Waals surface area contributed by atoms with Gasteiger partial charge in [-0.15, -0.1) is 0 Å². The van der Waals surface area contributed by atoms with E-state index < -0.39 is 10.0 Å². The zero-order chi connectivity index (χ0) is 27.4. The number of hydrogen-bond donors (Lipinski definition) is 2. The molecule has 0 atom stereocenters. The molecule has 1 aliphatic heterocycles. The smallest absolute Gasteiger partial charge is 0.321 e. The molecule has 5 rings (SSSR count). The van der Waals surface area contributed by atoms with Crippen LogP contribution < -0.4 is 14.8 Å². The lowest BCUT2D eigenvalue weighted by atomic mass is 10.1. The third kappa shape index (κ3) is 5.78. The van der Waals surface area contributed by atoms with E-state index in [0.29, 0.717) is 54.4 Å². The van der Waals surface area contributed by atoms with Crippen molar-refractivity contribution in [3.05, 3.63) is 90.6 Å². The Morgan fingerprint density at radius 1 is 0.846 bits per heavy atom. The molecule has 0 radical (unpaired) electrons. The van der Waals surface area contributed by atoms with Crippen molar-refractivity contribution in [2.24, 2.45) is 0 Å². The summed E-state index contributed by atoms with van der Waals surface area (Å²) in [7, 11) is -2.33. The molecule has 0 saturated carbocycles. The van der Waals surface area contributed by atoms with Crippen molar-refractivity contribution >= 4 is 44.2 Å². The average molecular weight is 546 g/mol. The maximum absolute atomic E-state index is 13.0. The first kappa shape index (κ1) is 26.0. The number of aromatic nitrogens is 1. The Kier molecular flexibility index (Phi) is 7.33. The molecule has 0 aliphatic carbocycles. The van der Waals surface area contributed by atoms with Crippen LogP contribution in [-0.2, 0) is 10.0 Å². The van der Waals surface area contributed by atoms with E-state index in [0.717, 1.165) is 5.39 Å². The molecule has 2 heterocycles. The minimum atomic E-state index is -3.89. The molecule has 0 spiro atoms. The highest BCUT2D eigenvalue weighted by atomic mass is 32.2. The number of sulfonamides is 1. The number of para-hydroxylation sites is 1. The molecule has 3 amide bonds. The first-order valence-corrected chi connectivity index (χ1v) is 13.8. The first-order valence-electron chi connectivity index (χ1n) is 12.3. The Morgan fingerprint density at radius 3 is 2.28 bits per heavy atom. The first-order chi connectivity index (χ1) is 18.8. The Hall–Kier alpha value is -4.64. The number of carbonyl (C=O) groups excluding carboxylic acids is 2. The fourth-order valence-electron chi connectivity index (χ4n) is 4.38. The third-order valence-corrected chi connectivity index (χ3v) is 7.86. The molecule has 3 aromatic carbocycles.